The van der Waals surface area contributed by atoms with Gasteiger partial charge in [0.05, 0.1) is 6.10 Å². The molecule has 5 heteroatoms. The third kappa shape index (κ3) is 3.55. The summed E-state index contributed by atoms with van der Waals surface area (Å²) >= 11 is 6.06. The van der Waals surface area contributed by atoms with E-state index in [9.17, 15) is 14.3 Å². The van der Waals surface area contributed by atoms with Crippen LogP contribution in [0.3, 0.4) is 0 Å². The first-order chi connectivity index (χ1) is 9.82. The average Bonchev–Trinajstić information content (AvgIpc) is 3.14. The molecule has 1 aromatic rings. The minimum absolute atomic E-state index is 0.00411. The standard InChI is InChI=1S/C16H21ClFNO2/c1-9(2)19(8-10(3)20)16(21)12-7-11(12)15-13(17)5-4-6-14(15)18/h4-6,9-12,20H,7-8H2,1-3H3. The van der Waals surface area contributed by atoms with Crippen molar-refractivity contribution in [2.45, 2.75) is 45.3 Å². The molecular weight excluding hydrogens is 293 g/mol. The molecule has 1 N–H and O–H groups in total. The number of aliphatic hydroxyl groups excluding tert-OH is 1. The summed E-state index contributed by atoms with van der Waals surface area (Å²) in [6.45, 7) is 5.77. The lowest BCUT2D eigenvalue weighted by Crippen LogP contribution is -2.42. The molecule has 2 rings (SSSR count). The molecule has 1 amide bonds. The Hall–Kier alpha value is -1.13. The number of nitrogens with zero attached hydrogens (tertiary/aromatic N) is 1. The SMILES string of the molecule is CC(O)CN(C(=O)C1CC1c1c(F)cccc1Cl)C(C)C. The third-order valence-corrected chi connectivity index (χ3v) is 4.18. The molecule has 0 aromatic heterocycles. The molecule has 21 heavy (non-hydrogen) atoms. The first-order valence-corrected chi connectivity index (χ1v) is 7.63. The Kier molecular flexibility index (Phi) is 4.89. The Bertz CT molecular complexity index is 513. The highest BCUT2D eigenvalue weighted by Gasteiger charge is 2.48. The highest BCUT2D eigenvalue weighted by molar-refractivity contribution is 6.31. The zero-order valence-electron chi connectivity index (χ0n) is 12.5. The molecule has 1 aromatic carbocycles. The number of hydrogen-bond donors (Lipinski definition) is 1. The minimum atomic E-state index is -0.578. The van der Waals surface area contributed by atoms with Gasteiger partial charge in [-0.15, -0.1) is 0 Å². The van der Waals surface area contributed by atoms with Crippen molar-refractivity contribution < 1.29 is 14.3 Å². The molecule has 3 atom stereocenters. The van der Waals surface area contributed by atoms with Crippen LogP contribution in [0.15, 0.2) is 18.2 Å². The van der Waals surface area contributed by atoms with Gasteiger partial charge in [0, 0.05) is 35.0 Å². The summed E-state index contributed by atoms with van der Waals surface area (Å²) in [6.07, 6.45) is 0.0355. The van der Waals surface area contributed by atoms with Crippen LogP contribution >= 0.6 is 11.6 Å². The van der Waals surface area contributed by atoms with Gasteiger partial charge in [0.25, 0.3) is 0 Å². The molecule has 1 saturated carbocycles. The number of halogens is 2. The molecule has 1 fully saturated rings. The van der Waals surface area contributed by atoms with Crippen molar-refractivity contribution >= 4 is 17.5 Å². The van der Waals surface area contributed by atoms with E-state index in [1.165, 1.54) is 6.07 Å². The van der Waals surface area contributed by atoms with E-state index in [4.69, 9.17) is 11.6 Å². The third-order valence-electron chi connectivity index (χ3n) is 3.85. The number of carbonyl (C=O) groups is 1. The van der Waals surface area contributed by atoms with E-state index in [1.54, 1.807) is 24.0 Å². The van der Waals surface area contributed by atoms with Crippen molar-refractivity contribution in [1.29, 1.82) is 0 Å². The van der Waals surface area contributed by atoms with Gasteiger partial charge in [-0.25, -0.2) is 4.39 Å². The Morgan fingerprint density at radius 1 is 1.48 bits per heavy atom. The van der Waals surface area contributed by atoms with E-state index < -0.39 is 6.10 Å². The maximum Gasteiger partial charge on any atom is 0.226 e. The van der Waals surface area contributed by atoms with Crippen LogP contribution in [0.4, 0.5) is 4.39 Å². The Labute approximate surface area is 129 Å². The van der Waals surface area contributed by atoms with Crippen molar-refractivity contribution in [2.24, 2.45) is 5.92 Å². The quantitative estimate of drug-likeness (QED) is 0.907. The van der Waals surface area contributed by atoms with E-state index in [0.29, 0.717) is 23.6 Å². The van der Waals surface area contributed by atoms with Crippen LogP contribution in [0.5, 0.6) is 0 Å². The van der Waals surface area contributed by atoms with Gasteiger partial charge >= 0.3 is 0 Å². The van der Waals surface area contributed by atoms with Crippen molar-refractivity contribution in [3.05, 3.63) is 34.6 Å². The zero-order chi connectivity index (χ0) is 15.7. The molecule has 0 radical (unpaired) electrons. The molecule has 0 spiro atoms. The molecule has 0 bridgehead atoms. The first-order valence-electron chi connectivity index (χ1n) is 7.25. The van der Waals surface area contributed by atoms with Crippen molar-refractivity contribution in [3.63, 3.8) is 0 Å². The molecule has 1 aliphatic rings. The van der Waals surface area contributed by atoms with Crippen LogP contribution in [0, 0.1) is 11.7 Å². The molecule has 116 valence electrons. The molecule has 0 heterocycles. The fourth-order valence-corrected chi connectivity index (χ4v) is 3.01. The van der Waals surface area contributed by atoms with E-state index in [0.717, 1.165) is 0 Å². The summed E-state index contributed by atoms with van der Waals surface area (Å²) < 4.78 is 13.9. The second kappa shape index (κ2) is 6.32. The second-order valence-corrected chi connectivity index (χ2v) is 6.42. The summed E-state index contributed by atoms with van der Waals surface area (Å²) in [5.41, 5.74) is 0.443. The van der Waals surface area contributed by atoms with Crippen LogP contribution in [-0.2, 0) is 4.79 Å². The Morgan fingerprint density at radius 2 is 2.14 bits per heavy atom. The lowest BCUT2D eigenvalue weighted by molar-refractivity contribution is -0.135. The first kappa shape index (κ1) is 16.2. The van der Waals surface area contributed by atoms with Gasteiger partial charge in [0.15, 0.2) is 0 Å². The molecule has 0 aliphatic heterocycles. The molecule has 1 aliphatic carbocycles. The monoisotopic (exact) mass is 313 g/mol. The fraction of sp³-hybridized carbons (Fsp3) is 0.562. The minimum Gasteiger partial charge on any atom is -0.392 e. The largest absolute Gasteiger partial charge is 0.392 e. The lowest BCUT2D eigenvalue weighted by atomic mass is 10.1. The van der Waals surface area contributed by atoms with Gasteiger partial charge in [-0.2, -0.15) is 0 Å². The predicted molar refractivity (Wildman–Crippen MR) is 80.8 cm³/mol. The number of aliphatic hydroxyl groups is 1. The number of rotatable bonds is 5. The van der Waals surface area contributed by atoms with Gasteiger partial charge in [0.1, 0.15) is 5.82 Å². The Morgan fingerprint density at radius 3 is 2.67 bits per heavy atom. The van der Waals surface area contributed by atoms with Gasteiger partial charge in [-0.1, -0.05) is 17.7 Å². The maximum absolute atomic E-state index is 13.9. The fourth-order valence-electron chi connectivity index (χ4n) is 2.70. The van der Waals surface area contributed by atoms with Crippen molar-refractivity contribution in [2.75, 3.05) is 6.54 Å². The van der Waals surface area contributed by atoms with Crippen LogP contribution in [0.1, 0.15) is 38.7 Å². The second-order valence-electron chi connectivity index (χ2n) is 6.02. The van der Waals surface area contributed by atoms with Gasteiger partial charge in [-0.3, -0.25) is 4.79 Å². The van der Waals surface area contributed by atoms with Crippen molar-refractivity contribution in [1.82, 2.24) is 4.90 Å². The summed E-state index contributed by atoms with van der Waals surface area (Å²) in [6, 6.07) is 4.59. The average molecular weight is 314 g/mol. The van der Waals surface area contributed by atoms with Crippen molar-refractivity contribution in [3.8, 4) is 0 Å². The number of amides is 1. The van der Waals surface area contributed by atoms with Gasteiger partial charge < -0.3 is 10.0 Å². The maximum atomic E-state index is 13.9. The zero-order valence-corrected chi connectivity index (χ0v) is 13.3. The number of carbonyl (C=O) groups excluding carboxylic acids is 1. The van der Waals surface area contributed by atoms with E-state index >= 15 is 0 Å². The predicted octanol–water partition coefficient (Wildman–Crippen LogP) is 3.20. The molecule has 3 nitrogen and oxygen atoms in total. The summed E-state index contributed by atoms with van der Waals surface area (Å²) in [5.74, 6) is -0.772. The highest BCUT2D eigenvalue weighted by Crippen LogP contribution is 2.51. The van der Waals surface area contributed by atoms with E-state index in [2.05, 4.69) is 0 Å². The summed E-state index contributed by atoms with van der Waals surface area (Å²) in [7, 11) is 0. The number of benzene rings is 1. The smallest absolute Gasteiger partial charge is 0.226 e. The summed E-state index contributed by atoms with van der Waals surface area (Å²) in [5, 5.41) is 9.90. The molecule has 3 unspecified atom stereocenters. The van der Waals surface area contributed by atoms with Crippen LogP contribution in [-0.4, -0.2) is 34.6 Å². The lowest BCUT2D eigenvalue weighted by Gasteiger charge is -2.28. The normalized spacial score (nSPS) is 22.2. The van der Waals surface area contributed by atoms with Crippen LogP contribution in [0.25, 0.3) is 0 Å². The highest BCUT2D eigenvalue weighted by atomic mass is 35.5. The van der Waals surface area contributed by atoms with Gasteiger partial charge in [-0.05, 0) is 39.3 Å². The van der Waals surface area contributed by atoms with E-state index in [1.807, 2.05) is 13.8 Å². The van der Waals surface area contributed by atoms with Gasteiger partial charge in [0.2, 0.25) is 5.91 Å². The molecule has 0 saturated heterocycles. The number of hydrogen-bond acceptors (Lipinski definition) is 2. The topological polar surface area (TPSA) is 40.5 Å². The Balaban J connectivity index is 2.13. The molecular formula is C16H21ClFNO2. The van der Waals surface area contributed by atoms with Crippen LogP contribution in [0.2, 0.25) is 5.02 Å². The summed E-state index contributed by atoms with van der Waals surface area (Å²) in [4.78, 5) is 14.2. The van der Waals surface area contributed by atoms with E-state index in [-0.39, 0.29) is 29.6 Å². The van der Waals surface area contributed by atoms with Crippen LogP contribution < -0.4 is 0 Å².